The largest absolute Gasteiger partial charge is 0.264 e. The van der Waals surface area contributed by atoms with Gasteiger partial charge in [0.2, 0.25) is 0 Å². The Labute approximate surface area is 139 Å². The molecule has 3 heterocycles. The van der Waals surface area contributed by atoms with E-state index < -0.39 is 0 Å². The minimum atomic E-state index is 0.535. The van der Waals surface area contributed by atoms with Crippen LogP contribution in [0, 0.1) is 6.92 Å². The zero-order valence-corrected chi connectivity index (χ0v) is 13.3. The molecule has 1 aromatic carbocycles. The molecule has 6 heteroatoms. The standard InChI is InChI=1S/C18H16N6/c1-11-6-7-19-9-14(11)18-20-10-16(21-18)12-2-5-17-15(8-12)22-23-24(17)13-3-4-13/h2,5-9,13H,3-4,10H2,1H3. The number of hydrogen-bond acceptors (Lipinski definition) is 5. The van der Waals surface area contributed by atoms with Gasteiger partial charge in [-0.3, -0.25) is 9.98 Å². The average molecular weight is 316 g/mol. The van der Waals surface area contributed by atoms with E-state index in [4.69, 9.17) is 4.99 Å². The van der Waals surface area contributed by atoms with Gasteiger partial charge in [-0.15, -0.1) is 5.10 Å². The third-order valence-corrected chi connectivity index (χ3v) is 4.60. The van der Waals surface area contributed by atoms with Gasteiger partial charge in [-0.05, 0) is 43.5 Å². The topological polar surface area (TPSA) is 68.3 Å². The number of hydrogen-bond donors (Lipinski definition) is 0. The first-order chi connectivity index (χ1) is 11.8. The second-order valence-electron chi connectivity index (χ2n) is 6.36. The van der Waals surface area contributed by atoms with Crippen LogP contribution in [0.5, 0.6) is 0 Å². The van der Waals surface area contributed by atoms with Crippen LogP contribution in [-0.2, 0) is 0 Å². The predicted octanol–water partition coefficient (Wildman–Crippen LogP) is 2.72. The molecule has 118 valence electrons. The summed E-state index contributed by atoms with van der Waals surface area (Å²) in [5.74, 6) is 0.761. The number of rotatable bonds is 3. The summed E-state index contributed by atoms with van der Waals surface area (Å²) in [4.78, 5) is 13.5. The molecule has 0 spiro atoms. The Morgan fingerprint density at radius 2 is 2.08 bits per heavy atom. The van der Waals surface area contributed by atoms with E-state index in [2.05, 4.69) is 45.4 Å². The Bertz CT molecular complexity index is 1010. The van der Waals surface area contributed by atoms with Crippen molar-refractivity contribution < 1.29 is 0 Å². The minimum Gasteiger partial charge on any atom is -0.264 e. The normalized spacial score (nSPS) is 17.2. The molecule has 0 unspecified atom stereocenters. The third-order valence-electron chi connectivity index (χ3n) is 4.60. The molecule has 0 atom stereocenters. The molecule has 3 aromatic rings. The van der Waals surface area contributed by atoms with Crippen LogP contribution in [0.15, 0.2) is 46.6 Å². The highest BCUT2D eigenvalue weighted by Crippen LogP contribution is 2.36. The van der Waals surface area contributed by atoms with Crippen LogP contribution >= 0.6 is 0 Å². The van der Waals surface area contributed by atoms with Crippen molar-refractivity contribution in [3.05, 3.63) is 53.3 Å². The molecular formula is C18H16N6. The van der Waals surface area contributed by atoms with Gasteiger partial charge in [-0.1, -0.05) is 11.3 Å². The molecule has 1 saturated carbocycles. The first kappa shape index (κ1) is 13.5. The van der Waals surface area contributed by atoms with Crippen LogP contribution in [0.4, 0.5) is 0 Å². The highest BCUT2D eigenvalue weighted by molar-refractivity contribution is 6.18. The summed E-state index contributed by atoms with van der Waals surface area (Å²) in [6, 6.07) is 8.77. The zero-order valence-electron chi connectivity index (χ0n) is 13.3. The maximum Gasteiger partial charge on any atom is 0.157 e. The first-order valence-electron chi connectivity index (χ1n) is 8.18. The Hall–Kier alpha value is -2.89. The highest BCUT2D eigenvalue weighted by Gasteiger charge is 2.26. The van der Waals surface area contributed by atoms with Gasteiger partial charge in [-0.2, -0.15) is 0 Å². The molecule has 5 rings (SSSR count). The molecule has 0 N–H and O–H groups in total. The van der Waals surface area contributed by atoms with Gasteiger partial charge < -0.3 is 0 Å². The second-order valence-corrected chi connectivity index (χ2v) is 6.36. The summed E-state index contributed by atoms with van der Waals surface area (Å²) in [5.41, 5.74) is 6.18. The molecule has 1 aliphatic carbocycles. The van der Waals surface area contributed by atoms with Crippen molar-refractivity contribution in [2.45, 2.75) is 25.8 Å². The van der Waals surface area contributed by atoms with Crippen LogP contribution in [0.25, 0.3) is 11.0 Å². The molecule has 0 amide bonds. The first-order valence-corrected chi connectivity index (χ1v) is 8.18. The zero-order chi connectivity index (χ0) is 16.1. The molecule has 24 heavy (non-hydrogen) atoms. The van der Waals surface area contributed by atoms with Gasteiger partial charge in [0.25, 0.3) is 0 Å². The fourth-order valence-electron chi connectivity index (χ4n) is 3.06. The lowest BCUT2D eigenvalue weighted by atomic mass is 10.1. The van der Waals surface area contributed by atoms with Crippen molar-refractivity contribution in [1.29, 1.82) is 0 Å². The summed E-state index contributed by atoms with van der Waals surface area (Å²) in [6.45, 7) is 2.64. The van der Waals surface area contributed by atoms with E-state index in [1.165, 1.54) is 12.8 Å². The summed E-state index contributed by atoms with van der Waals surface area (Å²) < 4.78 is 2.04. The van der Waals surface area contributed by atoms with Gasteiger partial charge in [-0.25, -0.2) is 9.67 Å². The summed E-state index contributed by atoms with van der Waals surface area (Å²) in [5, 5.41) is 8.60. The molecule has 1 aliphatic heterocycles. The van der Waals surface area contributed by atoms with Crippen LogP contribution in [0.1, 0.15) is 35.6 Å². The summed E-state index contributed by atoms with van der Waals surface area (Å²) in [7, 11) is 0. The maximum atomic E-state index is 4.72. The van der Waals surface area contributed by atoms with Crippen LogP contribution in [0.2, 0.25) is 0 Å². The maximum absolute atomic E-state index is 4.72. The number of fused-ring (bicyclic) bond motifs is 1. The lowest BCUT2D eigenvalue weighted by Gasteiger charge is -2.02. The SMILES string of the molecule is Cc1ccncc1C1=NCC(c2ccc3c(c2)nnn3C2CC2)=N1. The average Bonchev–Trinajstić information content (AvgIpc) is 3.18. The van der Waals surface area contributed by atoms with E-state index in [-0.39, 0.29) is 0 Å². The lowest BCUT2D eigenvalue weighted by Crippen LogP contribution is -2.02. The van der Waals surface area contributed by atoms with E-state index in [0.717, 1.165) is 39.3 Å². The van der Waals surface area contributed by atoms with E-state index >= 15 is 0 Å². The lowest BCUT2D eigenvalue weighted by molar-refractivity contribution is 0.630. The van der Waals surface area contributed by atoms with E-state index in [1.807, 2.05) is 16.9 Å². The number of aliphatic imine (C=N–C) groups is 2. The van der Waals surface area contributed by atoms with Gasteiger partial charge in [0, 0.05) is 23.5 Å². The van der Waals surface area contributed by atoms with Crippen LogP contribution < -0.4 is 0 Å². The van der Waals surface area contributed by atoms with Crippen LogP contribution in [0.3, 0.4) is 0 Å². The van der Waals surface area contributed by atoms with Gasteiger partial charge in [0.15, 0.2) is 5.84 Å². The molecule has 2 aliphatic rings. The monoisotopic (exact) mass is 316 g/mol. The van der Waals surface area contributed by atoms with E-state index in [0.29, 0.717) is 12.6 Å². The number of aryl methyl sites for hydroxylation is 1. The Kier molecular flexibility index (Phi) is 2.85. The molecule has 6 nitrogen and oxygen atoms in total. The minimum absolute atomic E-state index is 0.535. The molecule has 0 radical (unpaired) electrons. The van der Waals surface area contributed by atoms with Crippen molar-refractivity contribution in [1.82, 2.24) is 20.0 Å². The third kappa shape index (κ3) is 2.14. The van der Waals surface area contributed by atoms with Crippen LogP contribution in [-0.4, -0.2) is 38.1 Å². The van der Waals surface area contributed by atoms with Gasteiger partial charge in [0.1, 0.15) is 5.52 Å². The van der Waals surface area contributed by atoms with Gasteiger partial charge in [0.05, 0.1) is 23.8 Å². The molecule has 0 bridgehead atoms. The highest BCUT2D eigenvalue weighted by atomic mass is 15.4. The van der Waals surface area contributed by atoms with Crippen molar-refractivity contribution in [3.8, 4) is 0 Å². The molecule has 0 saturated heterocycles. The summed E-state index contributed by atoms with van der Waals surface area (Å²) >= 11 is 0. The number of aromatic nitrogens is 4. The number of amidine groups is 1. The second kappa shape index (κ2) is 5.06. The van der Waals surface area contributed by atoms with Gasteiger partial charge >= 0.3 is 0 Å². The predicted molar refractivity (Wildman–Crippen MR) is 92.7 cm³/mol. The Morgan fingerprint density at radius 3 is 2.92 bits per heavy atom. The van der Waals surface area contributed by atoms with E-state index in [9.17, 15) is 0 Å². The Balaban J connectivity index is 1.50. The number of pyridine rings is 1. The van der Waals surface area contributed by atoms with Crippen molar-refractivity contribution >= 4 is 22.6 Å². The summed E-state index contributed by atoms with van der Waals surface area (Å²) in [6.07, 6.45) is 6.02. The fraction of sp³-hybridized carbons (Fsp3) is 0.278. The molecule has 1 fully saturated rings. The van der Waals surface area contributed by atoms with Crippen molar-refractivity contribution in [3.63, 3.8) is 0 Å². The number of benzene rings is 1. The molecule has 2 aromatic heterocycles. The van der Waals surface area contributed by atoms with Crippen molar-refractivity contribution in [2.75, 3.05) is 6.54 Å². The van der Waals surface area contributed by atoms with E-state index in [1.54, 1.807) is 6.20 Å². The number of nitrogens with zero attached hydrogens (tertiary/aromatic N) is 6. The quantitative estimate of drug-likeness (QED) is 0.746. The smallest absolute Gasteiger partial charge is 0.157 e. The Morgan fingerprint density at radius 1 is 1.17 bits per heavy atom. The van der Waals surface area contributed by atoms with Crippen molar-refractivity contribution in [2.24, 2.45) is 9.98 Å². The fourth-order valence-corrected chi connectivity index (χ4v) is 3.06. The molecular weight excluding hydrogens is 300 g/mol.